The average Bonchev–Trinajstić information content (AvgIpc) is 2.98. The minimum atomic E-state index is -0.693. The van der Waals surface area contributed by atoms with E-state index >= 15 is 0 Å². The van der Waals surface area contributed by atoms with Gasteiger partial charge < -0.3 is 14.6 Å². The molecule has 0 aliphatic carbocycles. The van der Waals surface area contributed by atoms with Gasteiger partial charge in [0.15, 0.2) is 6.61 Å². The predicted molar refractivity (Wildman–Crippen MR) is 104 cm³/mol. The summed E-state index contributed by atoms with van der Waals surface area (Å²) in [4.78, 5) is 45.9. The molecule has 0 saturated heterocycles. The maximum Gasteiger partial charge on any atom is 0.349 e. The zero-order chi connectivity index (χ0) is 20.4. The first-order valence-corrected chi connectivity index (χ1v) is 9.36. The summed E-state index contributed by atoms with van der Waals surface area (Å²) in [6.45, 7) is 4.92. The summed E-state index contributed by atoms with van der Waals surface area (Å²) in [5, 5.41) is 0.343. The summed E-state index contributed by atoms with van der Waals surface area (Å²) in [5.41, 5.74) is 0.658. The van der Waals surface area contributed by atoms with E-state index in [2.05, 4.69) is 9.97 Å². The van der Waals surface area contributed by atoms with Crippen LogP contribution in [0.5, 0.6) is 0 Å². The predicted octanol–water partition coefficient (Wildman–Crippen LogP) is 2.95. The molecular formula is C19H18FN3O4S. The number of aryl methyl sites for hydroxylation is 2. The highest BCUT2D eigenvalue weighted by Crippen LogP contribution is 2.27. The lowest BCUT2D eigenvalue weighted by Gasteiger charge is -2.20. The van der Waals surface area contributed by atoms with Gasteiger partial charge in [-0.05, 0) is 50.6 Å². The van der Waals surface area contributed by atoms with Crippen molar-refractivity contribution in [3.8, 4) is 0 Å². The van der Waals surface area contributed by atoms with E-state index in [4.69, 9.17) is 4.74 Å². The molecule has 3 aromatic rings. The standard InChI is InChI=1S/C19H18FN3O4S/c1-4-23(13-7-5-12(20)6-8-13)14(24)9-27-19(26)16-10(2)15-17(25)21-11(3)22-18(15)28-16/h5-8H,4,9H2,1-3H3,(H,21,22,25). The lowest BCUT2D eigenvalue weighted by atomic mass is 10.2. The zero-order valence-electron chi connectivity index (χ0n) is 15.5. The number of esters is 1. The fourth-order valence-corrected chi connectivity index (χ4v) is 3.96. The third kappa shape index (κ3) is 3.79. The number of likely N-dealkylation sites (N-methyl/N-ethyl adjacent to an activating group) is 1. The molecule has 0 aliphatic rings. The van der Waals surface area contributed by atoms with Gasteiger partial charge >= 0.3 is 5.97 Å². The molecule has 0 bridgehead atoms. The van der Waals surface area contributed by atoms with Gasteiger partial charge in [-0.2, -0.15) is 0 Å². The van der Waals surface area contributed by atoms with Gasteiger partial charge in [0.1, 0.15) is 21.3 Å². The van der Waals surface area contributed by atoms with Crippen molar-refractivity contribution in [3.63, 3.8) is 0 Å². The summed E-state index contributed by atoms with van der Waals surface area (Å²) < 4.78 is 18.2. The maximum absolute atomic E-state index is 13.1. The third-order valence-corrected chi connectivity index (χ3v) is 5.35. The third-order valence-electron chi connectivity index (χ3n) is 4.19. The zero-order valence-corrected chi connectivity index (χ0v) is 16.4. The number of benzene rings is 1. The number of aromatic amines is 1. The molecule has 0 unspecified atom stereocenters. The number of fused-ring (bicyclic) bond motifs is 1. The Labute approximate surface area is 163 Å². The fraction of sp³-hybridized carbons (Fsp3) is 0.263. The summed E-state index contributed by atoms with van der Waals surface area (Å²) in [5.74, 6) is -1.08. The van der Waals surface area contributed by atoms with Crippen LogP contribution in [0.2, 0.25) is 0 Å². The Bertz CT molecular complexity index is 1100. The molecule has 1 N–H and O–H groups in total. The Kier molecular flexibility index (Phi) is 5.55. The van der Waals surface area contributed by atoms with Crippen LogP contribution in [0, 0.1) is 19.7 Å². The van der Waals surface area contributed by atoms with Crippen LogP contribution >= 0.6 is 11.3 Å². The monoisotopic (exact) mass is 403 g/mol. The first kappa shape index (κ1) is 19.7. The van der Waals surface area contributed by atoms with Crippen molar-refractivity contribution >= 4 is 39.1 Å². The van der Waals surface area contributed by atoms with E-state index in [1.54, 1.807) is 20.8 Å². The van der Waals surface area contributed by atoms with Crippen LogP contribution < -0.4 is 10.5 Å². The topological polar surface area (TPSA) is 92.4 Å². The quantitative estimate of drug-likeness (QED) is 0.661. The number of carbonyl (C=O) groups excluding carboxylic acids is 2. The largest absolute Gasteiger partial charge is 0.451 e. The van der Waals surface area contributed by atoms with Gasteiger partial charge in [0.25, 0.3) is 11.5 Å². The number of ether oxygens (including phenoxy) is 1. The molecule has 0 fully saturated rings. The number of anilines is 1. The molecule has 0 aliphatic heterocycles. The normalized spacial score (nSPS) is 10.9. The highest BCUT2D eigenvalue weighted by atomic mass is 32.1. The Balaban J connectivity index is 1.76. The molecule has 28 heavy (non-hydrogen) atoms. The summed E-state index contributed by atoms with van der Waals surface area (Å²) in [6, 6.07) is 5.47. The van der Waals surface area contributed by atoms with Gasteiger partial charge in [-0.1, -0.05) is 0 Å². The molecule has 0 radical (unpaired) electrons. The van der Waals surface area contributed by atoms with E-state index in [0.29, 0.717) is 33.8 Å². The Morgan fingerprint density at radius 3 is 2.57 bits per heavy atom. The van der Waals surface area contributed by atoms with Crippen molar-refractivity contribution in [2.75, 3.05) is 18.1 Å². The average molecular weight is 403 g/mol. The molecule has 7 nitrogen and oxygen atoms in total. The minimum absolute atomic E-state index is 0.233. The second-order valence-electron chi connectivity index (χ2n) is 6.08. The van der Waals surface area contributed by atoms with Gasteiger partial charge in [0.2, 0.25) is 0 Å². The van der Waals surface area contributed by atoms with Crippen molar-refractivity contribution in [3.05, 3.63) is 56.7 Å². The molecule has 2 aromatic heterocycles. The van der Waals surface area contributed by atoms with Crippen molar-refractivity contribution in [2.24, 2.45) is 0 Å². The van der Waals surface area contributed by atoms with Gasteiger partial charge in [-0.25, -0.2) is 14.2 Å². The van der Waals surface area contributed by atoms with Crippen LogP contribution in [0.15, 0.2) is 29.1 Å². The summed E-state index contributed by atoms with van der Waals surface area (Å²) in [7, 11) is 0. The van der Waals surface area contributed by atoms with E-state index in [0.717, 1.165) is 11.3 Å². The van der Waals surface area contributed by atoms with Gasteiger partial charge in [-0.15, -0.1) is 11.3 Å². The van der Waals surface area contributed by atoms with E-state index in [-0.39, 0.29) is 10.4 Å². The Morgan fingerprint density at radius 2 is 1.93 bits per heavy atom. The highest BCUT2D eigenvalue weighted by molar-refractivity contribution is 7.20. The second kappa shape index (κ2) is 7.89. The Morgan fingerprint density at radius 1 is 1.25 bits per heavy atom. The second-order valence-corrected chi connectivity index (χ2v) is 7.08. The van der Waals surface area contributed by atoms with Crippen molar-refractivity contribution < 1.29 is 18.7 Å². The highest BCUT2D eigenvalue weighted by Gasteiger charge is 2.22. The first-order chi connectivity index (χ1) is 13.3. The summed E-state index contributed by atoms with van der Waals surface area (Å²) >= 11 is 1.05. The van der Waals surface area contributed by atoms with E-state index in [1.165, 1.54) is 29.2 Å². The SMILES string of the molecule is CCN(C(=O)COC(=O)c1sc2nc(C)[nH]c(=O)c2c1C)c1ccc(F)cc1. The molecule has 2 heterocycles. The van der Waals surface area contributed by atoms with Gasteiger partial charge in [0, 0.05) is 12.2 Å². The van der Waals surface area contributed by atoms with E-state index < -0.39 is 24.3 Å². The molecule has 0 saturated carbocycles. The van der Waals surface area contributed by atoms with E-state index in [9.17, 15) is 18.8 Å². The number of halogens is 1. The van der Waals surface area contributed by atoms with Crippen molar-refractivity contribution in [1.29, 1.82) is 0 Å². The number of thiophene rings is 1. The van der Waals surface area contributed by atoms with Crippen LogP contribution in [0.3, 0.4) is 0 Å². The molecule has 146 valence electrons. The number of hydrogen-bond donors (Lipinski definition) is 1. The lowest BCUT2D eigenvalue weighted by Crippen LogP contribution is -2.34. The molecular weight excluding hydrogens is 385 g/mol. The van der Waals surface area contributed by atoms with Crippen molar-refractivity contribution in [2.45, 2.75) is 20.8 Å². The van der Waals surface area contributed by atoms with Crippen LogP contribution in [0.4, 0.5) is 10.1 Å². The van der Waals surface area contributed by atoms with E-state index in [1.807, 2.05) is 0 Å². The molecule has 3 rings (SSSR count). The lowest BCUT2D eigenvalue weighted by molar-refractivity contribution is -0.121. The molecule has 1 amide bonds. The van der Waals surface area contributed by atoms with Crippen LogP contribution in [0.25, 0.3) is 10.2 Å². The van der Waals surface area contributed by atoms with Crippen LogP contribution in [-0.4, -0.2) is 35.0 Å². The maximum atomic E-state index is 13.1. The number of amides is 1. The molecule has 9 heteroatoms. The number of nitrogens with zero attached hydrogens (tertiary/aromatic N) is 2. The first-order valence-electron chi connectivity index (χ1n) is 8.55. The van der Waals surface area contributed by atoms with Gasteiger partial charge in [0.05, 0.1) is 5.39 Å². The number of H-pyrrole nitrogens is 1. The van der Waals surface area contributed by atoms with Crippen molar-refractivity contribution in [1.82, 2.24) is 9.97 Å². The number of hydrogen-bond acceptors (Lipinski definition) is 6. The molecule has 0 spiro atoms. The number of rotatable bonds is 5. The number of nitrogens with one attached hydrogen (secondary N) is 1. The van der Waals surface area contributed by atoms with Gasteiger partial charge in [-0.3, -0.25) is 9.59 Å². The Hall–Kier alpha value is -3.07. The minimum Gasteiger partial charge on any atom is -0.451 e. The van der Waals surface area contributed by atoms with Crippen LogP contribution in [0.1, 0.15) is 28.0 Å². The fourth-order valence-electron chi connectivity index (χ4n) is 2.84. The van der Waals surface area contributed by atoms with Crippen LogP contribution in [-0.2, 0) is 9.53 Å². The molecule has 1 aromatic carbocycles. The number of aromatic nitrogens is 2. The summed E-state index contributed by atoms with van der Waals surface area (Å²) in [6.07, 6.45) is 0. The number of carbonyl (C=O) groups is 2. The molecule has 0 atom stereocenters. The smallest absolute Gasteiger partial charge is 0.349 e.